The Morgan fingerprint density at radius 3 is 2.56 bits per heavy atom. The van der Waals surface area contributed by atoms with Gasteiger partial charge in [0.1, 0.15) is 6.33 Å². The van der Waals surface area contributed by atoms with Gasteiger partial charge in [-0.15, -0.1) is 0 Å². The monoisotopic (exact) mass is 344 g/mol. The van der Waals surface area contributed by atoms with Crippen LogP contribution in [-0.4, -0.2) is 33.6 Å². The maximum absolute atomic E-state index is 6.05. The van der Waals surface area contributed by atoms with E-state index in [2.05, 4.69) is 41.0 Å². The molecule has 0 aromatic carbocycles. The van der Waals surface area contributed by atoms with Gasteiger partial charge in [-0.25, -0.2) is 9.97 Å². The lowest BCUT2D eigenvalue weighted by Gasteiger charge is -2.22. The average molecular weight is 344 g/mol. The molecule has 25 heavy (non-hydrogen) atoms. The zero-order valence-electron chi connectivity index (χ0n) is 15.7. The number of hydrogen-bond donors (Lipinski definition) is 1. The van der Waals surface area contributed by atoms with Crippen LogP contribution >= 0.6 is 0 Å². The van der Waals surface area contributed by atoms with Gasteiger partial charge >= 0.3 is 0 Å². The van der Waals surface area contributed by atoms with Gasteiger partial charge in [-0.3, -0.25) is 4.98 Å². The zero-order valence-corrected chi connectivity index (χ0v) is 15.7. The molecule has 0 saturated carbocycles. The first kappa shape index (κ1) is 19.1. The molecule has 0 radical (unpaired) electrons. The first-order valence-corrected chi connectivity index (χ1v) is 8.86. The summed E-state index contributed by atoms with van der Waals surface area (Å²) in [6.07, 6.45) is 5.24. The van der Waals surface area contributed by atoms with Crippen LogP contribution in [0.2, 0.25) is 0 Å². The SMILES string of the molecule is CCNC(CC)C[C@@H](C)Oc1ncnc(Oc2cccnc2C)c1C. The van der Waals surface area contributed by atoms with E-state index in [4.69, 9.17) is 9.47 Å². The van der Waals surface area contributed by atoms with Crippen molar-refractivity contribution in [2.45, 2.75) is 59.6 Å². The molecule has 2 aromatic heterocycles. The molecule has 6 heteroatoms. The van der Waals surface area contributed by atoms with Crippen LogP contribution < -0.4 is 14.8 Å². The first-order chi connectivity index (χ1) is 12.0. The second-order valence-corrected chi connectivity index (χ2v) is 6.13. The average Bonchev–Trinajstić information content (AvgIpc) is 2.60. The Labute approximate surface area is 150 Å². The Morgan fingerprint density at radius 2 is 1.88 bits per heavy atom. The summed E-state index contributed by atoms with van der Waals surface area (Å²) in [5.74, 6) is 1.74. The Hall–Kier alpha value is -2.21. The summed E-state index contributed by atoms with van der Waals surface area (Å²) in [5.41, 5.74) is 1.60. The molecular weight excluding hydrogens is 316 g/mol. The van der Waals surface area contributed by atoms with E-state index in [0.717, 1.165) is 30.6 Å². The lowest BCUT2D eigenvalue weighted by Crippen LogP contribution is -2.33. The second kappa shape index (κ2) is 9.32. The van der Waals surface area contributed by atoms with Crippen molar-refractivity contribution in [1.82, 2.24) is 20.3 Å². The third kappa shape index (κ3) is 5.39. The minimum absolute atomic E-state index is 0.0468. The topological polar surface area (TPSA) is 69.2 Å². The fourth-order valence-electron chi connectivity index (χ4n) is 2.64. The Morgan fingerprint density at radius 1 is 1.12 bits per heavy atom. The van der Waals surface area contributed by atoms with Crippen molar-refractivity contribution < 1.29 is 9.47 Å². The summed E-state index contributed by atoms with van der Waals surface area (Å²) in [6.45, 7) is 11.1. The van der Waals surface area contributed by atoms with Crippen LogP contribution in [0.3, 0.4) is 0 Å². The molecule has 0 aliphatic heterocycles. The Kier molecular flexibility index (Phi) is 7.13. The van der Waals surface area contributed by atoms with Crippen molar-refractivity contribution in [3.63, 3.8) is 0 Å². The molecule has 0 saturated heterocycles. The fraction of sp³-hybridized carbons (Fsp3) is 0.526. The molecule has 2 atom stereocenters. The molecule has 136 valence electrons. The predicted octanol–water partition coefficient (Wildman–Crippen LogP) is 3.83. The number of nitrogens with zero attached hydrogens (tertiary/aromatic N) is 3. The number of rotatable bonds is 9. The first-order valence-electron chi connectivity index (χ1n) is 8.86. The van der Waals surface area contributed by atoms with E-state index in [-0.39, 0.29) is 6.10 Å². The third-order valence-corrected chi connectivity index (χ3v) is 4.07. The highest BCUT2D eigenvalue weighted by molar-refractivity contribution is 5.37. The predicted molar refractivity (Wildman–Crippen MR) is 98.3 cm³/mol. The number of aromatic nitrogens is 3. The van der Waals surface area contributed by atoms with E-state index in [1.54, 1.807) is 6.20 Å². The van der Waals surface area contributed by atoms with E-state index in [1.165, 1.54) is 6.33 Å². The van der Waals surface area contributed by atoms with Gasteiger partial charge in [0.2, 0.25) is 11.8 Å². The van der Waals surface area contributed by atoms with Gasteiger partial charge in [-0.1, -0.05) is 13.8 Å². The molecule has 1 N–H and O–H groups in total. The van der Waals surface area contributed by atoms with Gasteiger partial charge in [0.25, 0.3) is 0 Å². The number of pyridine rings is 1. The normalized spacial score (nSPS) is 13.3. The van der Waals surface area contributed by atoms with Crippen LogP contribution in [0, 0.1) is 13.8 Å². The Bertz CT molecular complexity index is 678. The highest BCUT2D eigenvalue weighted by atomic mass is 16.5. The summed E-state index contributed by atoms with van der Waals surface area (Å²) in [7, 11) is 0. The highest BCUT2D eigenvalue weighted by Crippen LogP contribution is 2.29. The van der Waals surface area contributed by atoms with Gasteiger partial charge in [-0.05, 0) is 52.3 Å². The van der Waals surface area contributed by atoms with E-state index < -0.39 is 0 Å². The lowest BCUT2D eigenvalue weighted by atomic mass is 10.1. The molecule has 6 nitrogen and oxygen atoms in total. The van der Waals surface area contributed by atoms with Gasteiger partial charge in [0.05, 0.1) is 17.4 Å². The van der Waals surface area contributed by atoms with Crippen LogP contribution in [0.15, 0.2) is 24.7 Å². The van der Waals surface area contributed by atoms with E-state index in [1.807, 2.05) is 26.0 Å². The largest absolute Gasteiger partial charge is 0.474 e. The molecule has 0 aliphatic carbocycles. The smallest absolute Gasteiger partial charge is 0.229 e. The highest BCUT2D eigenvalue weighted by Gasteiger charge is 2.16. The minimum atomic E-state index is 0.0468. The van der Waals surface area contributed by atoms with Crippen molar-refractivity contribution >= 4 is 0 Å². The Balaban J connectivity index is 2.08. The van der Waals surface area contributed by atoms with Crippen LogP contribution in [-0.2, 0) is 0 Å². The van der Waals surface area contributed by atoms with Crippen molar-refractivity contribution in [2.24, 2.45) is 0 Å². The summed E-state index contributed by atoms with van der Waals surface area (Å²) in [4.78, 5) is 12.7. The van der Waals surface area contributed by atoms with Gasteiger partial charge in [0.15, 0.2) is 5.75 Å². The number of nitrogens with one attached hydrogen (secondary N) is 1. The molecule has 2 heterocycles. The molecule has 0 aliphatic rings. The second-order valence-electron chi connectivity index (χ2n) is 6.13. The maximum atomic E-state index is 6.05. The molecule has 2 aromatic rings. The zero-order chi connectivity index (χ0) is 18.2. The lowest BCUT2D eigenvalue weighted by molar-refractivity contribution is 0.182. The van der Waals surface area contributed by atoms with Gasteiger partial charge in [-0.2, -0.15) is 0 Å². The molecule has 0 bridgehead atoms. The summed E-state index contributed by atoms with van der Waals surface area (Å²) in [6, 6.07) is 4.15. The van der Waals surface area contributed by atoms with Crippen molar-refractivity contribution in [3.8, 4) is 17.5 Å². The van der Waals surface area contributed by atoms with Crippen LogP contribution in [0.25, 0.3) is 0 Å². The van der Waals surface area contributed by atoms with E-state index in [9.17, 15) is 0 Å². The maximum Gasteiger partial charge on any atom is 0.229 e. The third-order valence-electron chi connectivity index (χ3n) is 4.07. The van der Waals surface area contributed by atoms with Gasteiger partial charge < -0.3 is 14.8 Å². The summed E-state index contributed by atoms with van der Waals surface area (Å²) < 4.78 is 11.9. The fourth-order valence-corrected chi connectivity index (χ4v) is 2.64. The van der Waals surface area contributed by atoms with E-state index >= 15 is 0 Å². The van der Waals surface area contributed by atoms with Crippen molar-refractivity contribution in [3.05, 3.63) is 35.9 Å². The van der Waals surface area contributed by atoms with Crippen LogP contribution in [0.4, 0.5) is 0 Å². The quantitative estimate of drug-likeness (QED) is 0.745. The summed E-state index contributed by atoms with van der Waals surface area (Å²) in [5, 5.41) is 3.47. The number of hydrogen-bond acceptors (Lipinski definition) is 6. The van der Waals surface area contributed by atoms with Crippen LogP contribution in [0.1, 0.15) is 44.9 Å². The van der Waals surface area contributed by atoms with Crippen molar-refractivity contribution in [2.75, 3.05) is 6.54 Å². The molecule has 2 rings (SSSR count). The molecule has 0 fully saturated rings. The molecule has 1 unspecified atom stereocenters. The summed E-state index contributed by atoms with van der Waals surface area (Å²) >= 11 is 0. The minimum Gasteiger partial charge on any atom is -0.474 e. The molecular formula is C19H28N4O2. The van der Waals surface area contributed by atoms with Crippen molar-refractivity contribution in [1.29, 1.82) is 0 Å². The number of aryl methyl sites for hydroxylation is 1. The number of ether oxygens (including phenoxy) is 2. The molecule has 0 spiro atoms. The van der Waals surface area contributed by atoms with Crippen LogP contribution in [0.5, 0.6) is 17.5 Å². The van der Waals surface area contributed by atoms with Gasteiger partial charge in [0, 0.05) is 12.2 Å². The standard InChI is InChI=1S/C19H28N4O2/c1-6-16(20-7-2)11-13(3)24-18-14(4)19(23-12-22-18)25-17-9-8-10-21-15(17)5/h8-10,12-13,16,20H,6-7,11H2,1-5H3/t13-,16?/m1/s1. The molecule has 0 amide bonds. The van der Waals surface area contributed by atoms with E-state index in [0.29, 0.717) is 23.6 Å².